The van der Waals surface area contributed by atoms with Crippen LogP contribution in [0.25, 0.3) is 0 Å². The van der Waals surface area contributed by atoms with Crippen molar-refractivity contribution in [2.75, 3.05) is 23.8 Å². The zero-order valence-corrected chi connectivity index (χ0v) is 18.2. The minimum absolute atomic E-state index is 0.0443. The van der Waals surface area contributed by atoms with Crippen molar-refractivity contribution >= 4 is 44.4 Å². The summed E-state index contributed by atoms with van der Waals surface area (Å²) in [5.74, 6) is -0.404. The number of halogens is 1. The van der Waals surface area contributed by atoms with Crippen molar-refractivity contribution in [1.82, 2.24) is 9.73 Å². The van der Waals surface area contributed by atoms with Gasteiger partial charge in [0.05, 0.1) is 10.6 Å². The minimum atomic E-state index is -3.99. The molecule has 0 aliphatic rings. The van der Waals surface area contributed by atoms with Gasteiger partial charge in [-0.15, -0.1) is 0 Å². The van der Waals surface area contributed by atoms with Crippen LogP contribution in [0.4, 0.5) is 21.5 Å². The van der Waals surface area contributed by atoms with Crippen LogP contribution < -0.4 is 16.2 Å². The summed E-state index contributed by atoms with van der Waals surface area (Å²) >= 11 is 5.14. The van der Waals surface area contributed by atoms with E-state index in [-0.39, 0.29) is 34.5 Å². The molecule has 0 unspecified atom stereocenters. The number of thiocarbonyl (C=S) groups is 1. The molecule has 0 aromatic heterocycles. The highest BCUT2D eigenvalue weighted by Gasteiger charge is 2.27. The van der Waals surface area contributed by atoms with Crippen molar-refractivity contribution in [3.8, 4) is 0 Å². The maximum atomic E-state index is 13.7. The maximum absolute atomic E-state index is 13.7. The number of nitrogens with one attached hydrogen (secondary N) is 3. The summed E-state index contributed by atoms with van der Waals surface area (Å²) in [6.07, 6.45) is 0. The van der Waals surface area contributed by atoms with Gasteiger partial charge in [-0.2, -0.15) is 4.31 Å². The predicted molar refractivity (Wildman–Crippen MR) is 117 cm³/mol. The first kappa shape index (κ1) is 23.4. The summed E-state index contributed by atoms with van der Waals surface area (Å²) in [5, 5.41) is 13.9. The average Bonchev–Trinajstić information content (AvgIpc) is 2.69. The van der Waals surface area contributed by atoms with Gasteiger partial charge in [0.25, 0.3) is 5.69 Å². The molecule has 2 aromatic rings. The normalized spacial score (nSPS) is 11.2. The molecule has 0 radical (unpaired) electrons. The number of hydrogen-bond donors (Lipinski definition) is 3. The van der Waals surface area contributed by atoms with E-state index in [0.29, 0.717) is 11.3 Å². The monoisotopic (exact) mass is 455 g/mol. The molecule has 0 saturated carbocycles. The van der Waals surface area contributed by atoms with Crippen LogP contribution in [-0.4, -0.2) is 35.8 Å². The number of nitrogens with zero attached hydrogens (tertiary/aromatic N) is 2. The van der Waals surface area contributed by atoms with Crippen LogP contribution in [0.5, 0.6) is 0 Å². The fraction of sp³-hybridized carbons (Fsp3) is 0.278. The number of hydrogen-bond acceptors (Lipinski definition) is 6. The van der Waals surface area contributed by atoms with Crippen LogP contribution in [0, 0.1) is 22.9 Å². The molecular weight excluding hydrogens is 433 g/mol. The Morgan fingerprint density at radius 3 is 2.43 bits per heavy atom. The van der Waals surface area contributed by atoms with E-state index in [1.807, 2.05) is 0 Å². The lowest BCUT2D eigenvalue weighted by atomic mass is 10.2. The smallest absolute Gasteiger partial charge is 0.270 e. The van der Waals surface area contributed by atoms with Gasteiger partial charge in [-0.1, -0.05) is 19.9 Å². The molecule has 0 amide bonds. The Morgan fingerprint density at radius 2 is 1.87 bits per heavy atom. The van der Waals surface area contributed by atoms with Gasteiger partial charge in [0.1, 0.15) is 10.7 Å². The van der Waals surface area contributed by atoms with Gasteiger partial charge < -0.3 is 5.32 Å². The van der Waals surface area contributed by atoms with Gasteiger partial charge in [-0.3, -0.25) is 21.0 Å². The molecule has 0 saturated heterocycles. The molecule has 162 valence electrons. The SMILES string of the molecule is CCN(CC)S(=O)(=O)c1cc([N+](=O)[O-])ccc1NNC(=S)Nc1ccc(C)c(F)c1. The summed E-state index contributed by atoms with van der Waals surface area (Å²) in [7, 11) is -3.99. The molecule has 30 heavy (non-hydrogen) atoms. The van der Waals surface area contributed by atoms with Gasteiger partial charge >= 0.3 is 0 Å². The predicted octanol–water partition coefficient (Wildman–Crippen LogP) is 3.39. The fourth-order valence-corrected chi connectivity index (χ4v) is 4.39. The molecular formula is C18H22FN5O4S2. The van der Waals surface area contributed by atoms with Crippen molar-refractivity contribution in [3.63, 3.8) is 0 Å². The molecule has 0 atom stereocenters. The largest absolute Gasteiger partial charge is 0.331 e. The van der Waals surface area contributed by atoms with Crippen molar-refractivity contribution < 1.29 is 17.7 Å². The fourth-order valence-electron chi connectivity index (χ4n) is 2.60. The lowest BCUT2D eigenvalue weighted by Crippen LogP contribution is -2.35. The second-order valence-electron chi connectivity index (χ2n) is 6.19. The van der Waals surface area contributed by atoms with Crippen molar-refractivity contribution in [2.45, 2.75) is 25.7 Å². The molecule has 0 aliphatic heterocycles. The highest BCUT2D eigenvalue weighted by Crippen LogP contribution is 2.28. The summed E-state index contributed by atoms with van der Waals surface area (Å²) in [4.78, 5) is 10.2. The van der Waals surface area contributed by atoms with E-state index in [2.05, 4.69) is 16.2 Å². The summed E-state index contributed by atoms with van der Waals surface area (Å²) in [6, 6.07) is 7.93. The third-order valence-electron chi connectivity index (χ3n) is 4.24. The van der Waals surface area contributed by atoms with E-state index in [0.717, 1.165) is 6.07 Å². The first-order valence-electron chi connectivity index (χ1n) is 8.97. The topological polar surface area (TPSA) is 117 Å². The van der Waals surface area contributed by atoms with E-state index in [1.54, 1.807) is 32.9 Å². The number of aryl methyl sites for hydroxylation is 1. The van der Waals surface area contributed by atoms with Crippen molar-refractivity contribution in [3.05, 3.63) is 57.9 Å². The Hall–Kier alpha value is -2.83. The number of hydrazine groups is 1. The molecule has 0 aliphatic carbocycles. The van der Waals surface area contributed by atoms with Crippen molar-refractivity contribution in [1.29, 1.82) is 0 Å². The van der Waals surface area contributed by atoms with Gasteiger partial charge in [0, 0.05) is 30.9 Å². The van der Waals surface area contributed by atoms with Crippen LogP contribution >= 0.6 is 12.2 Å². The molecule has 9 nitrogen and oxygen atoms in total. The number of anilines is 2. The zero-order chi connectivity index (χ0) is 22.5. The summed E-state index contributed by atoms with van der Waals surface area (Å²) in [6.45, 7) is 5.37. The van der Waals surface area contributed by atoms with Crippen LogP contribution in [0.15, 0.2) is 41.3 Å². The lowest BCUT2D eigenvalue weighted by molar-refractivity contribution is -0.385. The lowest BCUT2D eigenvalue weighted by Gasteiger charge is -2.21. The number of benzene rings is 2. The van der Waals surface area contributed by atoms with Crippen LogP contribution in [0.2, 0.25) is 0 Å². The van der Waals surface area contributed by atoms with Crippen LogP contribution in [-0.2, 0) is 10.0 Å². The van der Waals surface area contributed by atoms with E-state index in [9.17, 15) is 22.9 Å². The second kappa shape index (κ2) is 9.78. The van der Waals surface area contributed by atoms with E-state index < -0.39 is 20.8 Å². The average molecular weight is 456 g/mol. The van der Waals surface area contributed by atoms with Gasteiger partial charge in [-0.25, -0.2) is 12.8 Å². The number of nitro groups is 1. The number of sulfonamides is 1. The van der Waals surface area contributed by atoms with E-state index in [4.69, 9.17) is 12.2 Å². The van der Waals surface area contributed by atoms with Crippen LogP contribution in [0.3, 0.4) is 0 Å². The Labute approximate surface area is 179 Å². The first-order chi connectivity index (χ1) is 14.1. The van der Waals surface area contributed by atoms with Gasteiger partial charge in [0.15, 0.2) is 5.11 Å². The molecule has 3 N–H and O–H groups in total. The highest BCUT2D eigenvalue weighted by atomic mass is 32.2. The molecule has 0 fully saturated rings. The maximum Gasteiger partial charge on any atom is 0.270 e. The quantitative estimate of drug-likeness (QED) is 0.315. The van der Waals surface area contributed by atoms with Crippen LogP contribution in [0.1, 0.15) is 19.4 Å². The second-order valence-corrected chi connectivity index (χ2v) is 8.51. The first-order valence-corrected chi connectivity index (χ1v) is 10.8. The third-order valence-corrected chi connectivity index (χ3v) is 6.53. The summed E-state index contributed by atoms with van der Waals surface area (Å²) < 4.78 is 40.7. The van der Waals surface area contributed by atoms with E-state index in [1.165, 1.54) is 22.5 Å². The van der Waals surface area contributed by atoms with Gasteiger partial charge in [-0.05, 0) is 42.9 Å². The zero-order valence-electron chi connectivity index (χ0n) is 16.6. The van der Waals surface area contributed by atoms with Gasteiger partial charge in [0.2, 0.25) is 10.0 Å². The molecule has 0 bridgehead atoms. The standard InChI is InChI=1S/C18H22FN5O4S2/c1-4-23(5-2)30(27,28)17-11-14(24(25)26)8-9-16(17)21-22-18(29)20-13-7-6-12(3)15(19)10-13/h6-11,21H,4-5H2,1-3H3,(H2,20,22,29). The molecule has 12 heteroatoms. The molecule has 0 heterocycles. The Kier molecular flexibility index (Phi) is 7.65. The summed E-state index contributed by atoms with van der Waals surface area (Å²) in [5.41, 5.74) is 5.87. The molecule has 0 spiro atoms. The van der Waals surface area contributed by atoms with E-state index >= 15 is 0 Å². The Morgan fingerprint density at radius 1 is 1.20 bits per heavy atom. The highest BCUT2D eigenvalue weighted by molar-refractivity contribution is 7.89. The van der Waals surface area contributed by atoms with Crippen molar-refractivity contribution in [2.24, 2.45) is 0 Å². The number of nitro benzene ring substituents is 1. The Balaban J connectivity index is 2.27. The number of rotatable bonds is 8. The minimum Gasteiger partial charge on any atom is -0.331 e. The third kappa shape index (κ3) is 5.40. The number of non-ortho nitro benzene ring substituents is 1. The Bertz CT molecular complexity index is 1060. The molecule has 2 rings (SSSR count). The molecule has 2 aromatic carbocycles.